The number of nitrogens with one attached hydrogen (secondary N) is 1. The Balaban J connectivity index is 1.52. The third-order valence-electron chi connectivity index (χ3n) is 6.33. The lowest BCUT2D eigenvalue weighted by atomic mass is 10.0. The number of hydrogen-bond donors (Lipinski definition) is 1. The van der Waals surface area contributed by atoms with Gasteiger partial charge in [0.15, 0.2) is 11.5 Å². The summed E-state index contributed by atoms with van der Waals surface area (Å²) in [5.74, 6) is 1.32. The molecule has 0 spiro atoms. The lowest BCUT2D eigenvalue weighted by Crippen LogP contribution is -2.31. The van der Waals surface area contributed by atoms with E-state index in [2.05, 4.69) is 36.3 Å². The van der Waals surface area contributed by atoms with E-state index in [-0.39, 0.29) is 5.91 Å². The molecule has 2 aromatic carbocycles. The Morgan fingerprint density at radius 1 is 1.00 bits per heavy atom. The molecule has 212 valence electrons. The highest BCUT2D eigenvalue weighted by Crippen LogP contribution is 2.30. The number of unbranched alkanes of at least 4 members (excludes halogenated alkanes) is 3. The van der Waals surface area contributed by atoms with Crippen molar-refractivity contribution in [3.05, 3.63) is 53.6 Å². The molecule has 0 saturated heterocycles. The van der Waals surface area contributed by atoms with Gasteiger partial charge < -0.3 is 19.1 Å². The fourth-order valence-corrected chi connectivity index (χ4v) is 4.18. The van der Waals surface area contributed by atoms with Gasteiger partial charge in [-0.2, -0.15) is 5.10 Å². The number of carbonyl (C=O) groups is 2. The van der Waals surface area contributed by atoms with Crippen molar-refractivity contribution in [2.75, 3.05) is 46.3 Å². The Kier molecular flexibility index (Phi) is 12.1. The minimum absolute atomic E-state index is 0.0257. The number of methoxy groups -OCH3 is 1. The van der Waals surface area contributed by atoms with Crippen molar-refractivity contribution in [3.63, 3.8) is 0 Å². The van der Waals surface area contributed by atoms with Crippen molar-refractivity contribution < 1.29 is 23.8 Å². The number of carbonyl (C=O) groups excluding carboxylic acids is 2. The molecule has 1 aliphatic heterocycles. The number of hydrogen-bond acceptors (Lipinski definition) is 7. The van der Waals surface area contributed by atoms with Crippen molar-refractivity contribution in [3.8, 4) is 11.5 Å². The summed E-state index contributed by atoms with van der Waals surface area (Å²) in [4.78, 5) is 26.9. The molecule has 0 aliphatic carbocycles. The summed E-state index contributed by atoms with van der Waals surface area (Å²) < 4.78 is 16.5. The van der Waals surface area contributed by atoms with E-state index in [9.17, 15) is 9.59 Å². The molecule has 0 bridgehead atoms. The summed E-state index contributed by atoms with van der Waals surface area (Å²) in [5.41, 5.74) is 3.29. The monoisotopic (exact) mass is 538 g/mol. The zero-order chi connectivity index (χ0) is 28.0. The first-order valence-corrected chi connectivity index (χ1v) is 13.8. The average Bonchev–Trinajstić information content (AvgIpc) is 2.93. The molecule has 9 nitrogen and oxygen atoms in total. The molecule has 3 rings (SSSR count). The third kappa shape index (κ3) is 9.90. The van der Waals surface area contributed by atoms with Crippen LogP contribution in [0.25, 0.3) is 0 Å². The largest absolute Gasteiger partial charge is 0.493 e. The summed E-state index contributed by atoms with van der Waals surface area (Å²) in [6.07, 6.45) is 5.56. The van der Waals surface area contributed by atoms with Crippen LogP contribution in [0.15, 0.2) is 47.6 Å². The van der Waals surface area contributed by atoms with Gasteiger partial charge in [-0.25, -0.2) is 9.80 Å². The van der Waals surface area contributed by atoms with Crippen LogP contribution in [0.1, 0.15) is 63.0 Å². The van der Waals surface area contributed by atoms with Gasteiger partial charge >= 0.3 is 6.09 Å². The molecular formula is C30H42N4O5. The topological polar surface area (TPSA) is 92.7 Å². The highest BCUT2D eigenvalue weighted by Gasteiger charge is 2.22. The molecule has 0 atom stereocenters. The molecule has 0 unspecified atom stereocenters. The van der Waals surface area contributed by atoms with Gasteiger partial charge in [-0.3, -0.25) is 10.1 Å². The predicted molar refractivity (Wildman–Crippen MR) is 154 cm³/mol. The summed E-state index contributed by atoms with van der Waals surface area (Å²) in [5, 5.41) is 8.92. The van der Waals surface area contributed by atoms with Gasteiger partial charge in [0.1, 0.15) is 0 Å². The first-order valence-electron chi connectivity index (χ1n) is 13.8. The highest BCUT2D eigenvalue weighted by molar-refractivity contribution is 6.04. The van der Waals surface area contributed by atoms with Crippen LogP contribution in [0, 0.1) is 0 Å². The molecule has 2 amide bonds. The second-order valence-corrected chi connectivity index (χ2v) is 9.89. The van der Waals surface area contributed by atoms with Gasteiger partial charge in [-0.05, 0) is 75.8 Å². The van der Waals surface area contributed by atoms with Gasteiger partial charge in [0, 0.05) is 24.1 Å². The highest BCUT2D eigenvalue weighted by atomic mass is 16.5. The molecule has 2 aromatic rings. The predicted octanol–water partition coefficient (Wildman–Crippen LogP) is 5.68. The number of hydrazone groups is 1. The van der Waals surface area contributed by atoms with Gasteiger partial charge in [0.05, 0.1) is 32.6 Å². The van der Waals surface area contributed by atoms with Crippen LogP contribution < -0.4 is 14.8 Å². The Labute approximate surface area is 232 Å². The fourth-order valence-electron chi connectivity index (χ4n) is 4.18. The van der Waals surface area contributed by atoms with E-state index in [1.165, 1.54) is 5.01 Å². The van der Waals surface area contributed by atoms with E-state index in [0.29, 0.717) is 49.8 Å². The SMILES string of the molecule is CCCOc1cc(C2=NN(Cc3ccc(NC(=O)OCCCCCCN(C)C)cc3)C(=O)CC2)ccc1OC. The number of anilines is 1. The Bertz CT molecular complexity index is 1100. The summed E-state index contributed by atoms with van der Waals surface area (Å²) >= 11 is 0. The minimum Gasteiger partial charge on any atom is -0.493 e. The van der Waals surface area contributed by atoms with E-state index in [4.69, 9.17) is 14.2 Å². The number of rotatable bonds is 15. The normalized spacial score (nSPS) is 13.3. The Morgan fingerprint density at radius 2 is 1.77 bits per heavy atom. The van der Waals surface area contributed by atoms with Crippen LogP contribution in [0.2, 0.25) is 0 Å². The number of benzene rings is 2. The number of amides is 2. The van der Waals surface area contributed by atoms with Gasteiger partial charge in [0.25, 0.3) is 0 Å². The van der Waals surface area contributed by atoms with Gasteiger partial charge in [-0.1, -0.05) is 31.9 Å². The molecule has 39 heavy (non-hydrogen) atoms. The maximum Gasteiger partial charge on any atom is 0.411 e. The quantitative estimate of drug-likeness (QED) is 0.293. The van der Waals surface area contributed by atoms with E-state index in [1.807, 2.05) is 30.3 Å². The van der Waals surface area contributed by atoms with E-state index in [1.54, 1.807) is 19.2 Å². The average molecular weight is 539 g/mol. The molecule has 0 saturated carbocycles. The summed E-state index contributed by atoms with van der Waals surface area (Å²) in [6.45, 7) is 4.47. The fraction of sp³-hybridized carbons (Fsp3) is 0.500. The van der Waals surface area contributed by atoms with Crippen molar-refractivity contribution in [2.45, 2.75) is 58.4 Å². The van der Waals surface area contributed by atoms with Crippen molar-refractivity contribution in [1.82, 2.24) is 9.91 Å². The van der Waals surface area contributed by atoms with Crippen LogP contribution in [0.5, 0.6) is 11.5 Å². The lowest BCUT2D eigenvalue weighted by Gasteiger charge is -2.24. The maximum atomic E-state index is 12.6. The van der Waals surface area contributed by atoms with Crippen LogP contribution in [0.4, 0.5) is 10.5 Å². The second kappa shape index (κ2) is 15.7. The zero-order valence-corrected chi connectivity index (χ0v) is 23.7. The molecule has 0 aromatic heterocycles. The summed E-state index contributed by atoms with van der Waals surface area (Å²) in [6, 6.07) is 13.1. The maximum absolute atomic E-state index is 12.6. The molecule has 9 heteroatoms. The Hall–Kier alpha value is -3.59. The molecule has 1 aliphatic rings. The van der Waals surface area contributed by atoms with E-state index < -0.39 is 6.09 Å². The molecule has 0 radical (unpaired) electrons. The van der Waals surface area contributed by atoms with Crippen molar-refractivity contribution in [2.24, 2.45) is 5.10 Å². The molecular weight excluding hydrogens is 496 g/mol. The standard InChI is InChI=1S/C30H42N4O5/c1-5-19-38-28-21-24(12-16-27(28)37-4)26-15-17-29(35)34(32-26)22-23-10-13-25(14-11-23)31-30(36)39-20-9-7-6-8-18-33(2)3/h10-14,16,21H,5-9,15,17-20,22H2,1-4H3,(H,31,36). The van der Waals surface area contributed by atoms with Gasteiger partial charge in [-0.15, -0.1) is 0 Å². The smallest absolute Gasteiger partial charge is 0.411 e. The van der Waals surface area contributed by atoms with Crippen molar-refractivity contribution in [1.29, 1.82) is 0 Å². The molecule has 1 N–H and O–H groups in total. The zero-order valence-electron chi connectivity index (χ0n) is 23.7. The number of ether oxygens (including phenoxy) is 3. The lowest BCUT2D eigenvalue weighted by molar-refractivity contribution is -0.132. The summed E-state index contributed by atoms with van der Waals surface area (Å²) in [7, 11) is 5.76. The molecule has 0 fully saturated rings. The molecule has 1 heterocycles. The van der Waals surface area contributed by atoms with E-state index in [0.717, 1.165) is 55.5 Å². The third-order valence-corrected chi connectivity index (χ3v) is 6.33. The minimum atomic E-state index is -0.460. The van der Waals surface area contributed by atoms with Crippen LogP contribution in [-0.4, -0.2) is 68.6 Å². The first-order chi connectivity index (χ1) is 18.9. The van der Waals surface area contributed by atoms with Crippen LogP contribution in [0.3, 0.4) is 0 Å². The van der Waals surface area contributed by atoms with Crippen LogP contribution in [-0.2, 0) is 16.1 Å². The Morgan fingerprint density at radius 3 is 2.49 bits per heavy atom. The second-order valence-electron chi connectivity index (χ2n) is 9.89. The van der Waals surface area contributed by atoms with Gasteiger partial charge in [0.2, 0.25) is 5.91 Å². The van der Waals surface area contributed by atoms with E-state index >= 15 is 0 Å². The number of nitrogens with zero attached hydrogens (tertiary/aromatic N) is 3. The van der Waals surface area contributed by atoms with Crippen LogP contribution >= 0.6 is 0 Å². The van der Waals surface area contributed by atoms with Crippen molar-refractivity contribution >= 4 is 23.4 Å². The first kappa shape index (κ1) is 30.0.